The van der Waals surface area contributed by atoms with Gasteiger partial charge in [0.15, 0.2) is 0 Å². The molecule has 128 valence electrons. The van der Waals surface area contributed by atoms with Crippen LogP contribution in [0.4, 0.5) is 5.82 Å². The highest BCUT2D eigenvalue weighted by Gasteiger charge is 2.22. The Morgan fingerprint density at radius 3 is 2.92 bits per heavy atom. The lowest BCUT2D eigenvalue weighted by Gasteiger charge is -2.12. The van der Waals surface area contributed by atoms with Gasteiger partial charge >= 0.3 is 0 Å². The first kappa shape index (κ1) is 16.9. The number of rotatable bonds is 8. The number of hydrogen-bond acceptors (Lipinski definition) is 5. The zero-order valence-electron chi connectivity index (χ0n) is 14.1. The van der Waals surface area contributed by atoms with Gasteiger partial charge in [-0.2, -0.15) is 0 Å². The van der Waals surface area contributed by atoms with Crippen molar-refractivity contribution in [1.29, 1.82) is 0 Å². The molecule has 1 aliphatic rings. The van der Waals surface area contributed by atoms with E-state index in [2.05, 4.69) is 29.0 Å². The number of carbonyl (C=O) groups is 1. The number of ether oxygens (including phenoxy) is 1. The summed E-state index contributed by atoms with van der Waals surface area (Å²) in [7, 11) is 1.62. The van der Waals surface area contributed by atoms with Crippen LogP contribution in [0.2, 0.25) is 0 Å². The summed E-state index contributed by atoms with van der Waals surface area (Å²) >= 11 is 1.67. The van der Waals surface area contributed by atoms with Gasteiger partial charge in [-0.05, 0) is 54.8 Å². The maximum atomic E-state index is 12.4. The minimum Gasteiger partial charge on any atom is -0.383 e. The maximum Gasteiger partial charge on any atom is 0.255 e. The van der Waals surface area contributed by atoms with E-state index in [1.54, 1.807) is 18.4 Å². The standard InChI is InChI=1S/C18H23N3O2S/c1-12-9-16(24-11-12)15-6-5-14(18(22)19-7-8-23-2)17(21-15)20-10-13-3-4-13/h5-6,9,11,13H,3-4,7-8,10H2,1-2H3,(H,19,22)(H,20,21). The number of carbonyl (C=O) groups excluding carboxylic acids is 1. The Bertz CT molecular complexity index is 710. The molecule has 2 N–H and O–H groups in total. The van der Waals surface area contributed by atoms with Crippen LogP contribution in [0.5, 0.6) is 0 Å². The number of hydrogen-bond donors (Lipinski definition) is 2. The lowest BCUT2D eigenvalue weighted by molar-refractivity contribution is 0.0937. The van der Waals surface area contributed by atoms with E-state index in [1.807, 2.05) is 12.1 Å². The zero-order valence-corrected chi connectivity index (χ0v) is 14.9. The molecule has 0 bridgehead atoms. The summed E-state index contributed by atoms with van der Waals surface area (Å²) in [5, 5.41) is 8.34. The predicted octanol–water partition coefficient (Wildman–Crippen LogP) is 3.32. The van der Waals surface area contributed by atoms with Crippen molar-refractivity contribution in [3.05, 3.63) is 34.7 Å². The van der Waals surface area contributed by atoms with Crippen LogP contribution in [0, 0.1) is 12.8 Å². The van der Waals surface area contributed by atoms with Gasteiger partial charge in [-0.3, -0.25) is 4.79 Å². The number of thiophene rings is 1. The first-order valence-electron chi connectivity index (χ1n) is 8.25. The number of methoxy groups -OCH3 is 1. The van der Waals surface area contributed by atoms with Crippen LogP contribution in [0.15, 0.2) is 23.6 Å². The molecule has 2 aromatic heterocycles. The van der Waals surface area contributed by atoms with Crippen LogP contribution >= 0.6 is 11.3 Å². The molecule has 1 amide bonds. The van der Waals surface area contributed by atoms with Crippen LogP contribution < -0.4 is 10.6 Å². The molecule has 0 spiro atoms. The minimum absolute atomic E-state index is 0.119. The molecule has 0 aliphatic heterocycles. The molecule has 1 fully saturated rings. The highest BCUT2D eigenvalue weighted by Crippen LogP contribution is 2.31. The van der Waals surface area contributed by atoms with E-state index in [1.165, 1.54) is 18.4 Å². The average Bonchev–Trinajstić information content (AvgIpc) is 3.32. The number of nitrogens with zero attached hydrogens (tertiary/aromatic N) is 1. The number of aromatic nitrogens is 1. The summed E-state index contributed by atoms with van der Waals surface area (Å²) in [6, 6.07) is 5.89. The summed E-state index contributed by atoms with van der Waals surface area (Å²) in [4.78, 5) is 18.2. The monoisotopic (exact) mass is 345 g/mol. The molecule has 1 aliphatic carbocycles. The molecule has 1 saturated carbocycles. The van der Waals surface area contributed by atoms with Gasteiger partial charge in [-0.15, -0.1) is 11.3 Å². The third-order valence-corrected chi connectivity index (χ3v) is 5.04. The van der Waals surface area contributed by atoms with E-state index in [0.29, 0.717) is 30.5 Å². The molecule has 0 atom stereocenters. The fourth-order valence-electron chi connectivity index (χ4n) is 2.40. The molecule has 5 nitrogen and oxygen atoms in total. The van der Waals surface area contributed by atoms with Crippen molar-refractivity contribution < 1.29 is 9.53 Å². The Morgan fingerprint density at radius 1 is 1.42 bits per heavy atom. The van der Waals surface area contributed by atoms with Crippen LogP contribution in [0.25, 0.3) is 10.6 Å². The maximum absolute atomic E-state index is 12.4. The zero-order chi connectivity index (χ0) is 16.9. The first-order valence-corrected chi connectivity index (χ1v) is 9.13. The molecule has 0 aromatic carbocycles. The molecule has 0 unspecified atom stereocenters. The van der Waals surface area contributed by atoms with Crippen molar-refractivity contribution >= 4 is 23.1 Å². The molecule has 0 saturated heterocycles. The molecular weight excluding hydrogens is 322 g/mol. The topological polar surface area (TPSA) is 63.2 Å². The van der Waals surface area contributed by atoms with Crippen LogP contribution in [0.3, 0.4) is 0 Å². The van der Waals surface area contributed by atoms with E-state index in [-0.39, 0.29) is 5.91 Å². The van der Waals surface area contributed by atoms with Gasteiger partial charge in [0.05, 0.1) is 22.7 Å². The molecule has 2 heterocycles. The highest BCUT2D eigenvalue weighted by molar-refractivity contribution is 7.13. The van der Waals surface area contributed by atoms with Crippen molar-refractivity contribution in [1.82, 2.24) is 10.3 Å². The van der Waals surface area contributed by atoms with Gasteiger partial charge < -0.3 is 15.4 Å². The van der Waals surface area contributed by atoms with Gasteiger partial charge in [0.1, 0.15) is 5.82 Å². The Morgan fingerprint density at radius 2 is 2.25 bits per heavy atom. The fraction of sp³-hybridized carbons (Fsp3) is 0.444. The molecule has 2 aromatic rings. The van der Waals surface area contributed by atoms with E-state index in [4.69, 9.17) is 9.72 Å². The minimum atomic E-state index is -0.119. The molecule has 6 heteroatoms. The predicted molar refractivity (Wildman–Crippen MR) is 97.7 cm³/mol. The van der Waals surface area contributed by atoms with Crippen molar-refractivity contribution in [2.75, 3.05) is 32.1 Å². The second kappa shape index (κ2) is 7.77. The largest absolute Gasteiger partial charge is 0.383 e. The Balaban J connectivity index is 1.81. The van der Waals surface area contributed by atoms with Crippen LogP contribution in [0.1, 0.15) is 28.8 Å². The van der Waals surface area contributed by atoms with Crippen LogP contribution in [-0.4, -0.2) is 37.7 Å². The lowest BCUT2D eigenvalue weighted by atomic mass is 10.2. The number of nitrogens with one attached hydrogen (secondary N) is 2. The Hall–Kier alpha value is -1.92. The molecule has 24 heavy (non-hydrogen) atoms. The number of amides is 1. The van der Waals surface area contributed by atoms with Crippen LogP contribution in [-0.2, 0) is 4.74 Å². The van der Waals surface area contributed by atoms with Crippen molar-refractivity contribution in [2.45, 2.75) is 19.8 Å². The van der Waals surface area contributed by atoms with E-state index in [0.717, 1.165) is 17.1 Å². The lowest BCUT2D eigenvalue weighted by Crippen LogP contribution is -2.28. The van der Waals surface area contributed by atoms with Crippen molar-refractivity contribution in [3.63, 3.8) is 0 Å². The van der Waals surface area contributed by atoms with Gasteiger partial charge in [0.25, 0.3) is 5.91 Å². The van der Waals surface area contributed by atoms with Gasteiger partial charge in [0.2, 0.25) is 0 Å². The first-order chi connectivity index (χ1) is 11.7. The number of pyridine rings is 1. The normalized spacial score (nSPS) is 13.8. The second-order valence-corrected chi connectivity index (χ2v) is 7.07. The summed E-state index contributed by atoms with van der Waals surface area (Å²) < 4.78 is 4.98. The molecule has 3 rings (SSSR count). The smallest absolute Gasteiger partial charge is 0.255 e. The summed E-state index contributed by atoms with van der Waals surface area (Å²) in [5.41, 5.74) is 2.72. The fourth-order valence-corrected chi connectivity index (χ4v) is 3.27. The summed E-state index contributed by atoms with van der Waals surface area (Å²) in [6.45, 7) is 3.93. The Kier molecular flexibility index (Phi) is 5.48. The summed E-state index contributed by atoms with van der Waals surface area (Å²) in [5.74, 6) is 1.26. The third-order valence-electron chi connectivity index (χ3n) is 3.97. The number of anilines is 1. The molecule has 0 radical (unpaired) electrons. The van der Waals surface area contributed by atoms with E-state index >= 15 is 0 Å². The van der Waals surface area contributed by atoms with E-state index in [9.17, 15) is 4.79 Å². The van der Waals surface area contributed by atoms with Gasteiger partial charge in [0, 0.05) is 20.2 Å². The third kappa shape index (κ3) is 4.33. The average molecular weight is 345 g/mol. The SMILES string of the molecule is COCCNC(=O)c1ccc(-c2cc(C)cs2)nc1NCC1CC1. The van der Waals surface area contributed by atoms with E-state index < -0.39 is 0 Å². The summed E-state index contributed by atoms with van der Waals surface area (Å²) in [6.07, 6.45) is 2.51. The van der Waals surface area contributed by atoms with Gasteiger partial charge in [-0.1, -0.05) is 0 Å². The highest BCUT2D eigenvalue weighted by atomic mass is 32.1. The number of aryl methyl sites for hydroxylation is 1. The van der Waals surface area contributed by atoms with Gasteiger partial charge in [-0.25, -0.2) is 4.98 Å². The molecular formula is C18H23N3O2S. The van der Waals surface area contributed by atoms with Crippen molar-refractivity contribution in [3.8, 4) is 10.6 Å². The Labute approximate surface area is 146 Å². The quantitative estimate of drug-likeness (QED) is 0.721. The van der Waals surface area contributed by atoms with Crippen molar-refractivity contribution in [2.24, 2.45) is 5.92 Å². The second-order valence-electron chi connectivity index (χ2n) is 6.15.